The summed E-state index contributed by atoms with van der Waals surface area (Å²) >= 11 is 0. The quantitative estimate of drug-likeness (QED) is 0.666. The van der Waals surface area contributed by atoms with Crippen molar-refractivity contribution in [2.45, 2.75) is 19.9 Å². The highest BCUT2D eigenvalue weighted by molar-refractivity contribution is 5.13. The molecule has 0 aliphatic heterocycles. The van der Waals surface area contributed by atoms with Gasteiger partial charge in [0.2, 0.25) is 0 Å². The number of rotatable bonds is 2. The van der Waals surface area contributed by atoms with E-state index in [1.54, 1.807) is 0 Å². The summed E-state index contributed by atoms with van der Waals surface area (Å²) in [5.74, 6) is 0. The molecule has 1 aromatic carbocycles. The average Bonchev–Trinajstić information content (AvgIpc) is 2.19. The lowest BCUT2D eigenvalue weighted by Gasteiger charge is -1.90. The minimum absolute atomic E-state index is 0.640. The van der Waals surface area contributed by atoms with Crippen molar-refractivity contribution in [2.24, 2.45) is 5.73 Å². The summed E-state index contributed by atoms with van der Waals surface area (Å²) in [5, 5.41) is 0. The number of nitrogens with two attached hydrogens (primary N) is 1. The molecule has 0 aliphatic carbocycles. The van der Waals surface area contributed by atoms with Crippen LogP contribution >= 0.6 is 0 Å². The Morgan fingerprint density at radius 2 is 1.83 bits per heavy atom. The highest BCUT2D eigenvalue weighted by Gasteiger charge is 1.80. The third-order valence-electron chi connectivity index (χ3n) is 1.37. The predicted octanol–water partition coefficient (Wildman–Crippen LogP) is 2.73. The van der Waals surface area contributed by atoms with E-state index in [2.05, 4.69) is 13.5 Å². The van der Waals surface area contributed by atoms with E-state index in [0.717, 1.165) is 6.42 Å². The molecule has 0 saturated carbocycles. The van der Waals surface area contributed by atoms with Crippen LogP contribution in [0.4, 0.5) is 0 Å². The molecule has 1 heteroatoms. The monoisotopic (exact) mass is 163 g/mol. The van der Waals surface area contributed by atoms with E-state index in [4.69, 9.17) is 5.73 Å². The highest BCUT2D eigenvalue weighted by atomic mass is 14.5. The van der Waals surface area contributed by atoms with Crippen LogP contribution in [0, 0.1) is 0 Å². The van der Waals surface area contributed by atoms with Crippen molar-refractivity contribution >= 4 is 0 Å². The van der Waals surface area contributed by atoms with Gasteiger partial charge in [-0.25, -0.2) is 0 Å². The molecule has 0 aromatic heterocycles. The van der Waals surface area contributed by atoms with Crippen LogP contribution in [0.1, 0.15) is 18.9 Å². The molecule has 0 fully saturated rings. The molecule has 0 spiro atoms. The minimum atomic E-state index is 0.640. The van der Waals surface area contributed by atoms with Crippen LogP contribution in [-0.2, 0) is 6.54 Å². The number of hydrogen-bond acceptors (Lipinski definition) is 1. The lowest BCUT2D eigenvalue weighted by Crippen LogP contribution is -1.94. The van der Waals surface area contributed by atoms with E-state index in [-0.39, 0.29) is 0 Å². The third-order valence-corrected chi connectivity index (χ3v) is 1.37. The first-order chi connectivity index (χ1) is 5.85. The fourth-order valence-electron chi connectivity index (χ4n) is 0.614. The third kappa shape index (κ3) is 5.69. The van der Waals surface area contributed by atoms with Gasteiger partial charge < -0.3 is 5.73 Å². The number of benzene rings is 1. The van der Waals surface area contributed by atoms with Gasteiger partial charge in [0.1, 0.15) is 0 Å². The minimum Gasteiger partial charge on any atom is -0.326 e. The Balaban J connectivity index is 0.000000261. The first-order valence-electron chi connectivity index (χ1n) is 4.20. The summed E-state index contributed by atoms with van der Waals surface area (Å²) in [6.45, 7) is 6.18. The van der Waals surface area contributed by atoms with Crippen molar-refractivity contribution < 1.29 is 0 Å². The fourth-order valence-corrected chi connectivity index (χ4v) is 0.614. The van der Waals surface area contributed by atoms with Gasteiger partial charge in [0.25, 0.3) is 0 Å². The summed E-state index contributed by atoms with van der Waals surface area (Å²) in [4.78, 5) is 0. The van der Waals surface area contributed by atoms with E-state index < -0.39 is 0 Å². The Bertz CT molecular complexity index is 191. The van der Waals surface area contributed by atoms with Crippen LogP contribution in [0.25, 0.3) is 0 Å². The second-order valence-corrected chi connectivity index (χ2v) is 2.39. The Morgan fingerprint density at radius 1 is 1.33 bits per heavy atom. The fraction of sp³-hybridized carbons (Fsp3) is 0.273. The van der Waals surface area contributed by atoms with Gasteiger partial charge in [0.15, 0.2) is 0 Å². The summed E-state index contributed by atoms with van der Waals surface area (Å²) < 4.78 is 0. The SMILES string of the molecule is C=CCC.NCc1ccccc1. The molecule has 1 rings (SSSR count). The van der Waals surface area contributed by atoms with Crippen LogP contribution < -0.4 is 5.73 Å². The molecule has 0 heterocycles. The van der Waals surface area contributed by atoms with E-state index >= 15 is 0 Å². The standard InChI is InChI=1S/C7H9N.C4H8/c8-6-7-4-2-1-3-5-7;1-3-4-2/h1-5H,6,8H2;3H,1,4H2,2H3. The van der Waals surface area contributed by atoms with Crippen LogP contribution in [0.3, 0.4) is 0 Å². The first-order valence-corrected chi connectivity index (χ1v) is 4.20. The molecule has 0 unspecified atom stereocenters. The number of hydrogen-bond donors (Lipinski definition) is 1. The van der Waals surface area contributed by atoms with Crippen LogP contribution in [-0.4, -0.2) is 0 Å². The normalized spacial score (nSPS) is 8.17. The number of allylic oxidation sites excluding steroid dienone is 1. The van der Waals surface area contributed by atoms with Crippen LogP contribution in [0.5, 0.6) is 0 Å². The maximum absolute atomic E-state index is 5.35. The zero-order valence-corrected chi connectivity index (χ0v) is 7.66. The van der Waals surface area contributed by atoms with Gasteiger partial charge in [-0.05, 0) is 12.0 Å². The Morgan fingerprint density at radius 3 is 2.08 bits per heavy atom. The lowest BCUT2D eigenvalue weighted by molar-refractivity contribution is 1.07. The van der Waals surface area contributed by atoms with Crippen molar-refractivity contribution in [1.82, 2.24) is 0 Å². The van der Waals surface area contributed by atoms with Gasteiger partial charge in [-0.2, -0.15) is 0 Å². The second kappa shape index (κ2) is 8.02. The van der Waals surface area contributed by atoms with Crippen molar-refractivity contribution in [3.8, 4) is 0 Å². The molecule has 2 N–H and O–H groups in total. The Hall–Kier alpha value is -1.08. The lowest BCUT2D eigenvalue weighted by atomic mass is 10.2. The molecular weight excluding hydrogens is 146 g/mol. The zero-order chi connectivity index (χ0) is 9.23. The highest BCUT2D eigenvalue weighted by Crippen LogP contribution is 1.94. The Kier molecular flexibility index (Phi) is 7.30. The topological polar surface area (TPSA) is 26.0 Å². The Labute approximate surface area is 74.9 Å². The van der Waals surface area contributed by atoms with Gasteiger partial charge in [-0.15, -0.1) is 6.58 Å². The van der Waals surface area contributed by atoms with Gasteiger partial charge >= 0.3 is 0 Å². The van der Waals surface area contributed by atoms with Crippen LogP contribution in [0.2, 0.25) is 0 Å². The van der Waals surface area contributed by atoms with E-state index in [1.165, 1.54) is 5.56 Å². The van der Waals surface area contributed by atoms with E-state index in [9.17, 15) is 0 Å². The molecule has 0 atom stereocenters. The molecule has 0 saturated heterocycles. The zero-order valence-electron chi connectivity index (χ0n) is 7.66. The van der Waals surface area contributed by atoms with Gasteiger partial charge in [-0.3, -0.25) is 0 Å². The van der Waals surface area contributed by atoms with Gasteiger partial charge in [0.05, 0.1) is 0 Å². The summed E-state index contributed by atoms with van der Waals surface area (Å²) in [5.41, 5.74) is 6.54. The maximum Gasteiger partial charge on any atom is 0.0178 e. The average molecular weight is 163 g/mol. The van der Waals surface area contributed by atoms with Crippen molar-refractivity contribution in [3.05, 3.63) is 48.6 Å². The molecular formula is C11H17N. The molecule has 0 aliphatic rings. The molecule has 1 nitrogen and oxygen atoms in total. The van der Waals surface area contributed by atoms with Crippen LogP contribution in [0.15, 0.2) is 43.0 Å². The van der Waals surface area contributed by atoms with Crippen molar-refractivity contribution in [3.63, 3.8) is 0 Å². The maximum atomic E-state index is 5.35. The molecule has 0 amide bonds. The largest absolute Gasteiger partial charge is 0.326 e. The summed E-state index contributed by atoms with van der Waals surface area (Å²) in [7, 11) is 0. The van der Waals surface area contributed by atoms with Gasteiger partial charge in [-0.1, -0.05) is 43.3 Å². The predicted molar refractivity (Wildman–Crippen MR) is 54.8 cm³/mol. The second-order valence-electron chi connectivity index (χ2n) is 2.39. The molecule has 0 bridgehead atoms. The smallest absolute Gasteiger partial charge is 0.0178 e. The van der Waals surface area contributed by atoms with E-state index in [1.807, 2.05) is 36.4 Å². The summed E-state index contributed by atoms with van der Waals surface area (Å²) in [6, 6.07) is 9.99. The first kappa shape index (κ1) is 10.9. The van der Waals surface area contributed by atoms with E-state index in [0.29, 0.717) is 6.54 Å². The molecule has 1 aromatic rings. The molecule has 12 heavy (non-hydrogen) atoms. The van der Waals surface area contributed by atoms with Crippen molar-refractivity contribution in [2.75, 3.05) is 0 Å². The summed E-state index contributed by atoms with van der Waals surface area (Å²) in [6.07, 6.45) is 2.96. The molecule has 0 radical (unpaired) electrons. The van der Waals surface area contributed by atoms with Crippen molar-refractivity contribution in [1.29, 1.82) is 0 Å². The van der Waals surface area contributed by atoms with Gasteiger partial charge in [0, 0.05) is 6.54 Å². The molecule has 66 valence electrons.